The molecule has 1 aliphatic heterocycles. The number of unbranched alkanes of at least 4 members (excludes halogenated alkanes) is 3. The number of rotatable bonds is 6. The van der Waals surface area contributed by atoms with Crippen LogP contribution in [0.3, 0.4) is 0 Å². The van der Waals surface area contributed by atoms with Gasteiger partial charge in [0.15, 0.2) is 0 Å². The van der Waals surface area contributed by atoms with Gasteiger partial charge in [-0.1, -0.05) is 32.6 Å². The topological polar surface area (TPSA) is 18.5 Å². The average molecular weight is 252 g/mol. The highest BCUT2D eigenvalue weighted by molar-refractivity contribution is 6.51. The molecule has 0 amide bonds. The Bertz CT molecular complexity index is 279. The molecule has 0 radical (unpaired) electrons. The van der Waals surface area contributed by atoms with Crippen LogP contribution in [0.25, 0.3) is 0 Å². The van der Waals surface area contributed by atoms with Crippen LogP contribution in [-0.4, -0.2) is 18.3 Å². The number of hydrogen-bond donors (Lipinski definition) is 0. The van der Waals surface area contributed by atoms with Crippen molar-refractivity contribution in [2.75, 3.05) is 0 Å². The molecule has 0 atom stereocenters. The third kappa shape index (κ3) is 2.62. The molecule has 0 aromatic carbocycles. The zero-order valence-electron chi connectivity index (χ0n) is 12.8. The van der Waals surface area contributed by atoms with Crippen molar-refractivity contribution in [2.45, 2.75) is 96.1 Å². The molecule has 2 aliphatic rings. The summed E-state index contributed by atoms with van der Waals surface area (Å²) in [6.45, 7) is 10.9. The fourth-order valence-corrected chi connectivity index (χ4v) is 2.76. The molecule has 0 N–H and O–H groups in total. The summed E-state index contributed by atoms with van der Waals surface area (Å²) in [7, 11) is 0.0316. The van der Waals surface area contributed by atoms with E-state index < -0.39 is 0 Å². The Morgan fingerprint density at radius 3 is 1.89 bits per heavy atom. The first-order chi connectivity index (χ1) is 8.33. The van der Waals surface area contributed by atoms with Crippen LogP contribution < -0.4 is 0 Å². The van der Waals surface area contributed by atoms with Gasteiger partial charge < -0.3 is 9.31 Å². The summed E-state index contributed by atoms with van der Waals surface area (Å²) in [6, 6.07) is 0. The molecule has 0 unspecified atom stereocenters. The van der Waals surface area contributed by atoms with Gasteiger partial charge in [-0.25, -0.2) is 0 Å². The highest BCUT2D eigenvalue weighted by atomic mass is 16.7. The fraction of sp³-hybridized carbons (Fsp3) is 1.00. The van der Waals surface area contributed by atoms with Gasteiger partial charge in [0.1, 0.15) is 0 Å². The fourth-order valence-electron chi connectivity index (χ4n) is 2.76. The van der Waals surface area contributed by atoms with Crippen LogP contribution in [0.2, 0.25) is 5.31 Å². The highest BCUT2D eigenvalue weighted by Gasteiger charge is 2.63. The highest BCUT2D eigenvalue weighted by Crippen LogP contribution is 2.63. The lowest BCUT2D eigenvalue weighted by molar-refractivity contribution is 0.00578. The van der Waals surface area contributed by atoms with Gasteiger partial charge in [0.2, 0.25) is 0 Å². The normalized spacial score (nSPS) is 27.5. The molecule has 3 heteroatoms. The first-order valence-corrected chi connectivity index (χ1v) is 7.69. The second-order valence-electron chi connectivity index (χ2n) is 7.26. The lowest BCUT2D eigenvalue weighted by Gasteiger charge is -2.32. The van der Waals surface area contributed by atoms with Crippen molar-refractivity contribution in [1.29, 1.82) is 0 Å². The molecule has 2 nitrogen and oxygen atoms in total. The molecule has 2 rings (SSSR count). The Balaban J connectivity index is 1.89. The van der Waals surface area contributed by atoms with Crippen molar-refractivity contribution in [3.8, 4) is 0 Å². The molecule has 0 aromatic heterocycles. The predicted molar refractivity (Wildman–Crippen MR) is 76.8 cm³/mol. The Labute approximate surface area is 113 Å². The third-order valence-corrected chi connectivity index (χ3v) is 5.17. The van der Waals surface area contributed by atoms with Crippen LogP contribution in [0.15, 0.2) is 0 Å². The maximum Gasteiger partial charge on any atom is 0.464 e. The monoisotopic (exact) mass is 252 g/mol. The van der Waals surface area contributed by atoms with Gasteiger partial charge in [0.25, 0.3) is 0 Å². The van der Waals surface area contributed by atoms with Gasteiger partial charge in [0, 0.05) is 5.31 Å². The third-order valence-electron chi connectivity index (χ3n) is 5.17. The average Bonchev–Trinajstić information content (AvgIpc) is 2.99. The minimum Gasteiger partial charge on any atom is -0.403 e. The van der Waals surface area contributed by atoms with Crippen molar-refractivity contribution in [3.05, 3.63) is 0 Å². The van der Waals surface area contributed by atoms with E-state index in [4.69, 9.17) is 9.31 Å². The van der Waals surface area contributed by atoms with E-state index in [2.05, 4.69) is 34.6 Å². The van der Waals surface area contributed by atoms with Gasteiger partial charge in [-0.2, -0.15) is 0 Å². The van der Waals surface area contributed by atoms with E-state index in [-0.39, 0.29) is 18.3 Å². The summed E-state index contributed by atoms with van der Waals surface area (Å²) >= 11 is 0. The second kappa shape index (κ2) is 4.83. The molecular weight excluding hydrogens is 223 g/mol. The van der Waals surface area contributed by atoms with Crippen LogP contribution in [0, 0.1) is 0 Å². The van der Waals surface area contributed by atoms with E-state index in [1.54, 1.807) is 0 Å². The Kier molecular flexibility index (Phi) is 3.86. The lowest BCUT2D eigenvalue weighted by Crippen LogP contribution is -2.41. The maximum absolute atomic E-state index is 6.23. The lowest BCUT2D eigenvalue weighted by atomic mass is 9.65. The van der Waals surface area contributed by atoms with Crippen molar-refractivity contribution >= 4 is 7.12 Å². The van der Waals surface area contributed by atoms with Crippen LogP contribution in [0.5, 0.6) is 0 Å². The Morgan fingerprint density at radius 1 is 0.889 bits per heavy atom. The van der Waals surface area contributed by atoms with E-state index in [9.17, 15) is 0 Å². The van der Waals surface area contributed by atoms with Crippen LogP contribution in [0.4, 0.5) is 0 Å². The van der Waals surface area contributed by atoms with Crippen molar-refractivity contribution in [3.63, 3.8) is 0 Å². The summed E-state index contributed by atoms with van der Waals surface area (Å²) in [5.41, 5.74) is -0.340. The summed E-state index contributed by atoms with van der Waals surface area (Å²) in [6.07, 6.45) is 9.22. The maximum atomic E-state index is 6.23. The summed E-state index contributed by atoms with van der Waals surface area (Å²) < 4.78 is 12.5. The van der Waals surface area contributed by atoms with Crippen molar-refractivity contribution in [2.24, 2.45) is 0 Å². The smallest absolute Gasteiger partial charge is 0.403 e. The molecule has 18 heavy (non-hydrogen) atoms. The van der Waals surface area contributed by atoms with Crippen LogP contribution >= 0.6 is 0 Å². The van der Waals surface area contributed by atoms with Crippen LogP contribution in [0.1, 0.15) is 79.6 Å². The minimum atomic E-state index is -0.170. The molecule has 0 aromatic rings. The second-order valence-corrected chi connectivity index (χ2v) is 7.26. The SMILES string of the molecule is CCCCCCC1(B2OC(C)(C)C(C)(C)O2)CC1. The number of hydrogen-bond acceptors (Lipinski definition) is 2. The largest absolute Gasteiger partial charge is 0.464 e. The van der Waals surface area contributed by atoms with Gasteiger partial charge in [-0.15, -0.1) is 0 Å². The van der Waals surface area contributed by atoms with E-state index in [0.29, 0.717) is 5.31 Å². The van der Waals surface area contributed by atoms with Gasteiger partial charge >= 0.3 is 7.12 Å². The zero-order chi connectivity index (χ0) is 13.4. The molecule has 1 saturated heterocycles. The first-order valence-electron chi connectivity index (χ1n) is 7.69. The summed E-state index contributed by atoms with van der Waals surface area (Å²) in [4.78, 5) is 0. The molecule has 0 bridgehead atoms. The molecule has 1 heterocycles. The van der Waals surface area contributed by atoms with Gasteiger partial charge in [-0.3, -0.25) is 0 Å². The van der Waals surface area contributed by atoms with Gasteiger partial charge in [-0.05, 0) is 47.0 Å². The summed E-state index contributed by atoms with van der Waals surface area (Å²) in [5, 5.41) is 0.346. The molecule has 2 fully saturated rings. The van der Waals surface area contributed by atoms with Gasteiger partial charge in [0.05, 0.1) is 11.2 Å². The predicted octanol–water partition coefficient (Wildman–Crippen LogP) is 4.58. The molecule has 1 saturated carbocycles. The zero-order valence-corrected chi connectivity index (χ0v) is 12.8. The molecular formula is C15H29BO2. The van der Waals surface area contributed by atoms with Crippen molar-refractivity contribution in [1.82, 2.24) is 0 Å². The van der Waals surface area contributed by atoms with Crippen LogP contribution in [-0.2, 0) is 9.31 Å². The van der Waals surface area contributed by atoms with E-state index in [1.165, 1.54) is 44.9 Å². The Morgan fingerprint density at radius 2 is 1.44 bits per heavy atom. The molecule has 104 valence electrons. The Hall–Kier alpha value is -0.0151. The quantitative estimate of drug-likeness (QED) is 0.508. The van der Waals surface area contributed by atoms with E-state index >= 15 is 0 Å². The molecule has 0 spiro atoms. The van der Waals surface area contributed by atoms with E-state index in [1.807, 2.05) is 0 Å². The molecule has 1 aliphatic carbocycles. The van der Waals surface area contributed by atoms with E-state index in [0.717, 1.165) is 0 Å². The van der Waals surface area contributed by atoms with Crippen molar-refractivity contribution < 1.29 is 9.31 Å². The minimum absolute atomic E-state index is 0.0316. The first kappa shape index (κ1) is 14.4. The summed E-state index contributed by atoms with van der Waals surface area (Å²) in [5.74, 6) is 0. The standard InChI is InChI=1S/C15H29BO2/c1-6-7-8-9-10-15(11-12-15)16-17-13(2,3)14(4,5)18-16/h6-12H2,1-5H3.